The van der Waals surface area contributed by atoms with Gasteiger partial charge in [-0.05, 0) is 0 Å². The van der Waals surface area contributed by atoms with Gasteiger partial charge in [0.25, 0.3) is 0 Å². The van der Waals surface area contributed by atoms with Gasteiger partial charge in [0, 0.05) is 0 Å². The molecular weight excluding hydrogens is 127 g/mol. The van der Waals surface area contributed by atoms with Crippen LogP contribution in [-0.4, -0.2) is 17.7 Å². The first kappa shape index (κ1) is 8.65. The van der Waals surface area contributed by atoms with Crippen LogP contribution in [0.3, 0.4) is 0 Å². The molecule has 0 unspecified atom stereocenters. The molecule has 0 radical (unpaired) electrons. The molecule has 0 saturated carbocycles. The predicted octanol–water partition coefficient (Wildman–Crippen LogP) is 1.74. The van der Waals surface area contributed by atoms with Crippen LogP contribution in [0.1, 0.15) is 16.7 Å². The molecule has 0 aliphatic rings. The Morgan fingerprint density at radius 3 is 2.09 bits per heavy atom. The molecule has 0 spiro atoms. The number of hydrogen-bond acceptors (Lipinski definition) is 0. The molecule has 0 aliphatic carbocycles. The molecule has 0 amide bonds. The van der Waals surface area contributed by atoms with Crippen molar-refractivity contribution in [1.82, 2.24) is 0 Å². The molecule has 0 nitrogen and oxygen atoms in total. The van der Waals surface area contributed by atoms with E-state index in [1.54, 1.807) is 0 Å². The van der Waals surface area contributed by atoms with Crippen molar-refractivity contribution in [3.05, 3.63) is 35.4 Å². The fraction of sp³-hybridized carbons (Fsp3) is 0.200. The van der Waals surface area contributed by atoms with Crippen LogP contribution in [0.2, 0.25) is 0 Å². The molecular formula is C10H11Li. The third-order valence-electron chi connectivity index (χ3n) is 2.19. The summed E-state index contributed by atoms with van der Waals surface area (Å²) in [5, 5.41) is 0. The normalized spacial score (nSPS) is 9.82. The third kappa shape index (κ3) is 1.77. The quantitative estimate of drug-likeness (QED) is 0.518. The van der Waals surface area contributed by atoms with E-state index in [2.05, 4.69) is 50.3 Å². The first-order valence-electron chi connectivity index (χ1n) is 3.85. The Kier molecular flexibility index (Phi) is 2.60. The van der Waals surface area contributed by atoms with E-state index >= 15 is 0 Å². The van der Waals surface area contributed by atoms with Gasteiger partial charge in [0.05, 0.1) is 0 Å². The number of benzene rings is 1. The molecule has 0 fully saturated rings. The van der Waals surface area contributed by atoms with E-state index in [-0.39, 0.29) is 0 Å². The summed E-state index contributed by atoms with van der Waals surface area (Å²) in [5.41, 5.74) is 3.91. The van der Waals surface area contributed by atoms with Crippen LogP contribution in [0, 0.1) is 13.8 Å². The summed E-state index contributed by atoms with van der Waals surface area (Å²) >= 11 is 2.15. The van der Waals surface area contributed by atoms with Crippen molar-refractivity contribution < 1.29 is 0 Å². The minimum atomic E-state index is 1.21. The molecule has 0 bridgehead atoms. The molecule has 0 aliphatic heterocycles. The van der Waals surface area contributed by atoms with Gasteiger partial charge in [-0.1, -0.05) is 0 Å². The van der Waals surface area contributed by atoms with Crippen LogP contribution in [0.4, 0.5) is 0 Å². The predicted molar refractivity (Wildman–Crippen MR) is 51.4 cm³/mol. The van der Waals surface area contributed by atoms with Gasteiger partial charge in [-0.3, -0.25) is 0 Å². The number of aryl methyl sites for hydroxylation is 2. The Hall–Kier alpha value is -0.443. The molecule has 1 aromatic carbocycles. The molecule has 0 N–H and O–H groups in total. The maximum absolute atomic E-state index is 3.74. The third-order valence-corrected chi connectivity index (χ3v) is 2.19. The van der Waals surface area contributed by atoms with Crippen LogP contribution in [0.5, 0.6) is 0 Å². The summed E-state index contributed by atoms with van der Waals surface area (Å²) in [6.07, 6.45) is 1.89. The maximum atomic E-state index is 3.74. The van der Waals surface area contributed by atoms with Crippen molar-refractivity contribution in [1.29, 1.82) is 0 Å². The molecule has 1 aromatic rings. The summed E-state index contributed by atoms with van der Waals surface area (Å²) < 4.78 is 1.38. The molecule has 0 aromatic heterocycles. The van der Waals surface area contributed by atoms with E-state index < -0.39 is 0 Å². The summed E-state index contributed by atoms with van der Waals surface area (Å²) in [6, 6.07) is 4.32. The van der Waals surface area contributed by atoms with Gasteiger partial charge in [-0.25, -0.2) is 0 Å². The first-order chi connectivity index (χ1) is 5.15. The van der Waals surface area contributed by atoms with Crippen molar-refractivity contribution in [2.75, 3.05) is 0 Å². The molecule has 52 valence electrons. The van der Waals surface area contributed by atoms with Crippen molar-refractivity contribution in [3.63, 3.8) is 0 Å². The van der Waals surface area contributed by atoms with Crippen LogP contribution in [0.25, 0.3) is 6.08 Å². The summed E-state index contributed by atoms with van der Waals surface area (Å²) in [7, 11) is 0. The van der Waals surface area contributed by atoms with Gasteiger partial charge in [0.2, 0.25) is 0 Å². The van der Waals surface area contributed by atoms with E-state index in [4.69, 9.17) is 0 Å². The van der Waals surface area contributed by atoms with Crippen LogP contribution in [0.15, 0.2) is 18.7 Å². The van der Waals surface area contributed by atoms with Crippen molar-refractivity contribution in [2.24, 2.45) is 0 Å². The monoisotopic (exact) mass is 138 g/mol. The van der Waals surface area contributed by atoms with E-state index in [0.717, 1.165) is 0 Å². The standard InChI is InChI=1S/C10H11.Li/c1-4-10-6-8(2)5-9(3)7-10;/h4,6-7H,1H2,2-3H3;. The zero-order chi connectivity index (χ0) is 8.43. The molecule has 11 heavy (non-hydrogen) atoms. The van der Waals surface area contributed by atoms with Crippen LogP contribution in [-0.2, 0) is 0 Å². The molecule has 1 rings (SSSR count). The van der Waals surface area contributed by atoms with E-state index in [1.807, 2.05) is 6.08 Å². The topological polar surface area (TPSA) is 0 Å². The minimum absolute atomic E-state index is 1.21. The van der Waals surface area contributed by atoms with Gasteiger partial charge in [0.1, 0.15) is 0 Å². The van der Waals surface area contributed by atoms with Crippen molar-refractivity contribution in [2.45, 2.75) is 13.8 Å². The molecule has 1 heteroatoms. The number of hydrogen-bond donors (Lipinski definition) is 0. The first-order valence-corrected chi connectivity index (χ1v) is 3.85. The van der Waals surface area contributed by atoms with E-state index in [0.29, 0.717) is 0 Å². The van der Waals surface area contributed by atoms with Crippen LogP contribution < -0.4 is 4.24 Å². The van der Waals surface area contributed by atoms with Gasteiger partial charge >= 0.3 is 77.3 Å². The summed E-state index contributed by atoms with van der Waals surface area (Å²) in [6.45, 7) is 8.01. The van der Waals surface area contributed by atoms with Gasteiger partial charge in [0.15, 0.2) is 0 Å². The second kappa shape index (κ2) is 3.30. The van der Waals surface area contributed by atoms with Gasteiger partial charge in [-0.2, -0.15) is 0 Å². The Morgan fingerprint density at radius 2 is 1.73 bits per heavy atom. The zero-order valence-electron chi connectivity index (χ0n) is 7.44. The Bertz CT molecular complexity index is 264. The van der Waals surface area contributed by atoms with Crippen LogP contribution >= 0.6 is 0 Å². The zero-order valence-corrected chi connectivity index (χ0v) is 7.44. The Morgan fingerprint density at radius 1 is 1.27 bits per heavy atom. The van der Waals surface area contributed by atoms with Gasteiger partial charge in [-0.15, -0.1) is 0 Å². The summed E-state index contributed by atoms with van der Waals surface area (Å²) in [4.78, 5) is 0. The Labute approximate surface area is 77.5 Å². The SMILES string of the molecule is [Li][c]1c(C)cc(C=C)cc1C. The van der Waals surface area contributed by atoms with Crippen molar-refractivity contribution >= 4 is 28.0 Å². The van der Waals surface area contributed by atoms with Gasteiger partial charge < -0.3 is 0 Å². The van der Waals surface area contributed by atoms with E-state index in [9.17, 15) is 0 Å². The average Bonchev–Trinajstić information content (AvgIpc) is 1.99. The molecule has 0 atom stereocenters. The number of rotatable bonds is 1. The second-order valence-corrected chi connectivity index (χ2v) is 2.98. The van der Waals surface area contributed by atoms with E-state index in [1.165, 1.54) is 20.9 Å². The molecule has 0 heterocycles. The summed E-state index contributed by atoms with van der Waals surface area (Å²) in [5.74, 6) is 0. The van der Waals surface area contributed by atoms with Crippen molar-refractivity contribution in [3.8, 4) is 0 Å². The fourth-order valence-electron chi connectivity index (χ4n) is 1.19. The average molecular weight is 138 g/mol. The molecule has 0 saturated heterocycles. The fourth-order valence-corrected chi connectivity index (χ4v) is 1.19. The second-order valence-electron chi connectivity index (χ2n) is 2.98. The Balaban J connectivity index is 3.31.